The monoisotopic (exact) mass is 331 g/mol. The van der Waals surface area contributed by atoms with Crippen LogP contribution in [0.4, 0.5) is 0 Å². The maximum Gasteiger partial charge on any atom is 0.163 e. The molecule has 0 unspecified atom stereocenters. The third-order valence-electron chi connectivity index (χ3n) is 4.14. The van der Waals surface area contributed by atoms with Crippen molar-refractivity contribution in [1.29, 1.82) is 0 Å². The van der Waals surface area contributed by atoms with E-state index in [0.29, 0.717) is 0 Å². The number of fused-ring (bicyclic) bond motifs is 1. The van der Waals surface area contributed by atoms with Crippen molar-refractivity contribution in [2.24, 2.45) is 0 Å². The summed E-state index contributed by atoms with van der Waals surface area (Å²) in [5.41, 5.74) is 4.75. The Hall–Kier alpha value is -3.34. The molecule has 0 bridgehead atoms. The maximum atomic E-state index is 5.26. The lowest BCUT2D eigenvalue weighted by Crippen LogP contribution is -1.87. The molecule has 0 saturated heterocycles. The lowest BCUT2D eigenvalue weighted by molar-refractivity contribution is 0.414. The van der Waals surface area contributed by atoms with E-state index in [1.165, 1.54) is 0 Å². The standard InChI is InChI=1S/C20H17N3O2/c1-24-16-8-4-14(5-9-16)18-19(15-6-10-17(25-2)11-7-15)22-23-13-3-12-21-20(18)23/h3-13H,1-2H3. The van der Waals surface area contributed by atoms with Gasteiger partial charge in [-0.2, -0.15) is 5.10 Å². The van der Waals surface area contributed by atoms with E-state index in [1.54, 1.807) is 24.9 Å². The van der Waals surface area contributed by atoms with Crippen LogP contribution in [0.25, 0.3) is 28.0 Å². The van der Waals surface area contributed by atoms with E-state index < -0.39 is 0 Å². The number of ether oxygens (including phenoxy) is 2. The molecule has 0 spiro atoms. The summed E-state index contributed by atoms with van der Waals surface area (Å²) in [7, 11) is 3.32. The summed E-state index contributed by atoms with van der Waals surface area (Å²) in [5, 5.41) is 4.74. The zero-order valence-electron chi connectivity index (χ0n) is 14.0. The smallest absolute Gasteiger partial charge is 0.163 e. The van der Waals surface area contributed by atoms with E-state index in [2.05, 4.69) is 4.98 Å². The topological polar surface area (TPSA) is 48.7 Å². The highest BCUT2D eigenvalue weighted by atomic mass is 16.5. The summed E-state index contributed by atoms with van der Waals surface area (Å²) in [6.07, 6.45) is 3.68. The number of methoxy groups -OCH3 is 2. The van der Waals surface area contributed by atoms with Gasteiger partial charge in [-0.15, -0.1) is 0 Å². The van der Waals surface area contributed by atoms with Gasteiger partial charge in [0.05, 0.1) is 19.8 Å². The van der Waals surface area contributed by atoms with Crippen molar-refractivity contribution in [1.82, 2.24) is 14.6 Å². The molecule has 124 valence electrons. The Balaban J connectivity index is 1.93. The van der Waals surface area contributed by atoms with Gasteiger partial charge in [-0.05, 0) is 48.0 Å². The molecule has 0 aliphatic carbocycles. The minimum absolute atomic E-state index is 0.816. The van der Waals surface area contributed by atoms with Crippen molar-refractivity contribution in [3.05, 3.63) is 67.0 Å². The van der Waals surface area contributed by atoms with Gasteiger partial charge >= 0.3 is 0 Å². The molecular weight excluding hydrogens is 314 g/mol. The second kappa shape index (κ2) is 6.28. The van der Waals surface area contributed by atoms with Crippen LogP contribution in [0.3, 0.4) is 0 Å². The summed E-state index contributed by atoms with van der Waals surface area (Å²) in [6, 6.07) is 17.7. The predicted molar refractivity (Wildman–Crippen MR) is 97.0 cm³/mol. The molecular formula is C20H17N3O2. The van der Waals surface area contributed by atoms with Gasteiger partial charge in [0.1, 0.15) is 17.2 Å². The van der Waals surface area contributed by atoms with Crippen LogP contribution in [0.5, 0.6) is 11.5 Å². The molecule has 0 atom stereocenters. The van der Waals surface area contributed by atoms with Crippen LogP contribution in [-0.2, 0) is 0 Å². The Morgan fingerprint density at radius 3 is 2.00 bits per heavy atom. The average Bonchev–Trinajstić information content (AvgIpc) is 3.07. The molecule has 0 N–H and O–H groups in total. The Kier molecular flexibility index (Phi) is 3.82. The molecule has 0 aliphatic rings. The minimum atomic E-state index is 0.816. The van der Waals surface area contributed by atoms with Crippen molar-refractivity contribution in [3.8, 4) is 33.9 Å². The summed E-state index contributed by atoms with van der Waals surface area (Å²) >= 11 is 0. The molecule has 0 radical (unpaired) electrons. The van der Waals surface area contributed by atoms with Gasteiger partial charge in [0.2, 0.25) is 0 Å². The molecule has 4 aromatic rings. The number of hydrogen-bond donors (Lipinski definition) is 0. The number of aromatic nitrogens is 3. The van der Waals surface area contributed by atoms with E-state index in [4.69, 9.17) is 14.6 Å². The van der Waals surface area contributed by atoms with Crippen molar-refractivity contribution in [2.45, 2.75) is 0 Å². The largest absolute Gasteiger partial charge is 0.497 e. The number of hydrogen-bond acceptors (Lipinski definition) is 4. The zero-order valence-corrected chi connectivity index (χ0v) is 14.0. The Morgan fingerprint density at radius 1 is 0.800 bits per heavy atom. The Labute approximate surface area is 145 Å². The summed E-state index contributed by atoms with van der Waals surface area (Å²) in [5.74, 6) is 1.64. The summed E-state index contributed by atoms with van der Waals surface area (Å²) < 4.78 is 12.3. The third kappa shape index (κ3) is 2.70. The fourth-order valence-corrected chi connectivity index (χ4v) is 2.86. The molecule has 2 aromatic heterocycles. The van der Waals surface area contributed by atoms with Crippen LogP contribution < -0.4 is 9.47 Å². The van der Waals surface area contributed by atoms with Crippen LogP contribution in [0.1, 0.15) is 0 Å². The van der Waals surface area contributed by atoms with Gasteiger partial charge in [0, 0.05) is 18.0 Å². The van der Waals surface area contributed by atoms with E-state index in [-0.39, 0.29) is 0 Å². The van der Waals surface area contributed by atoms with Gasteiger partial charge < -0.3 is 9.47 Å². The third-order valence-corrected chi connectivity index (χ3v) is 4.14. The highest BCUT2D eigenvalue weighted by molar-refractivity contribution is 5.90. The quantitative estimate of drug-likeness (QED) is 0.565. The second-order valence-electron chi connectivity index (χ2n) is 5.57. The molecule has 5 heteroatoms. The highest BCUT2D eigenvalue weighted by Crippen LogP contribution is 2.35. The Bertz CT molecular complexity index is 1010. The molecule has 2 aromatic carbocycles. The zero-order chi connectivity index (χ0) is 17.2. The Morgan fingerprint density at radius 2 is 1.40 bits per heavy atom. The lowest BCUT2D eigenvalue weighted by Gasteiger charge is -2.06. The normalized spacial score (nSPS) is 10.8. The minimum Gasteiger partial charge on any atom is -0.497 e. The molecule has 0 amide bonds. The SMILES string of the molecule is COc1ccc(-c2nn3cccnc3c2-c2ccc(OC)cc2)cc1. The first-order chi connectivity index (χ1) is 12.3. The molecule has 0 fully saturated rings. The summed E-state index contributed by atoms with van der Waals surface area (Å²) in [4.78, 5) is 4.52. The summed E-state index contributed by atoms with van der Waals surface area (Å²) in [6.45, 7) is 0. The number of nitrogens with zero attached hydrogens (tertiary/aromatic N) is 3. The van der Waals surface area contributed by atoms with E-state index in [1.807, 2.05) is 60.8 Å². The first-order valence-corrected chi connectivity index (χ1v) is 7.92. The van der Waals surface area contributed by atoms with Gasteiger partial charge in [0.15, 0.2) is 5.65 Å². The molecule has 0 aliphatic heterocycles. The van der Waals surface area contributed by atoms with Gasteiger partial charge in [0.25, 0.3) is 0 Å². The van der Waals surface area contributed by atoms with Crippen LogP contribution in [-0.4, -0.2) is 28.8 Å². The number of benzene rings is 2. The second-order valence-corrected chi connectivity index (χ2v) is 5.57. The lowest BCUT2D eigenvalue weighted by atomic mass is 10.0. The van der Waals surface area contributed by atoms with Crippen LogP contribution in [0.15, 0.2) is 67.0 Å². The van der Waals surface area contributed by atoms with Crippen molar-refractivity contribution < 1.29 is 9.47 Å². The van der Waals surface area contributed by atoms with Crippen molar-refractivity contribution in [3.63, 3.8) is 0 Å². The van der Waals surface area contributed by atoms with Crippen molar-refractivity contribution >= 4 is 5.65 Å². The first-order valence-electron chi connectivity index (χ1n) is 7.92. The highest BCUT2D eigenvalue weighted by Gasteiger charge is 2.17. The fourth-order valence-electron chi connectivity index (χ4n) is 2.86. The van der Waals surface area contributed by atoms with E-state index in [0.717, 1.165) is 39.5 Å². The number of rotatable bonds is 4. The predicted octanol–water partition coefficient (Wildman–Crippen LogP) is 4.08. The van der Waals surface area contributed by atoms with Gasteiger partial charge in [-0.1, -0.05) is 12.1 Å². The molecule has 2 heterocycles. The van der Waals surface area contributed by atoms with Gasteiger partial charge in [-0.25, -0.2) is 9.50 Å². The first kappa shape index (κ1) is 15.2. The van der Waals surface area contributed by atoms with Crippen molar-refractivity contribution in [2.75, 3.05) is 14.2 Å². The fraction of sp³-hybridized carbons (Fsp3) is 0.100. The maximum absolute atomic E-state index is 5.26. The molecule has 5 nitrogen and oxygen atoms in total. The molecule has 25 heavy (non-hydrogen) atoms. The van der Waals surface area contributed by atoms with Crippen LogP contribution in [0.2, 0.25) is 0 Å². The molecule has 0 saturated carbocycles. The van der Waals surface area contributed by atoms with Crippen LogP contribution >= 0.6 is 0 Å². The van der Waals surface area contributed by atoms with E-state index >= 15 is 0 Å². The van der Waals surface area contributed by atoms with E-state index in [9.17, 15) is 0 Å². The molecule has 4 rings (SSSR count). The van der Waals surface area contributed by atoms with Gasteiger partial charge in [-0.3, -0.25) is 0 Å². The average molecular weight is 331 g/mol. The van der Waals surface area contributed by atoms with Crippen LogP contribution in [0, 0.1) is 0 Å².